The van der Waals surface area contributed by atoms with Crippen LogP contribution in [-0.4, -0.2) is 28.8 Å². The zero-order valence-electron chi connectivity index (χ0n) is 5.46. The quantitative estimate of drug-likeness (QED) is 0.396. The molecule has 7 heavy (non-hydrogen) atoms. The van der Waals surface area contributed by atoms with Crippen LogP contribution in [0.15, 0.2) is 0 Å². The molecule has 2 atom stereocenters. The number of nitrogens with two attached hydrogens (primary N) is 1. The van der Waals surface area contributed by atoms with Gasteiger partial charge in [-0.05, 0) is 0 Å². The number of hydrogen-bond donors (Lipinski definition) is 3. The first kappa shape index (κ1) is 3.40. The Kier molecular flexibility index (Phi) is 1.24. The van der Waals surface area contributed by atoms with Crippen molar-refractivity contribution < 1.29 is 17.7 Å². The Morgan fingerprint density at radius 1 is 2.29 bits per heavy atom. The van der Waals surface area contributed by atoms with Gasteiger partial charge < -0.3 is 15.9 Å². The number of carboxylic acid groups (broad SMARTS) is 1. The largest absolute Gasteiger partial charge is 0.479 e. The lowest BCUT2D eigenvalue weighted by molar-refractivity contribution is -0.145. The van der Waals surface area contributed by atoms with Gasteiger partial charge in [0.25, 0.3) is 0 Å². The molecule has 4 nitrogen and oxygen atoms in total. The molecule has 0 saturated heterocycles. The van der Waals surface area contributed by atoms with Crippen molar-refractivity contribution in [3.63, 3.8) is 0 Å². The third-order valence-electron chi connectivity index (χ3n) is 0.377. The third-order valence-corrected chi connectivity index (χ3v) is 0.377. The molecule has 0 aliphatic rings. The van der Waals surface area contributed by atoms with Gasteiger partial charge in [-0.15, -0.1) is 0 Å². The summed E-state index contributed by atoms with van der Waals surface area (Å²) in [4.78, 5) is 9.82. The van der Waals surface area contributed by atoms with E-state index in [0.29, 0.717) is 0 Å². The SMILES string of the molecule is [2H]C(N)[C@]([2H])(O)C(=O)O. The summed E-state index contributed by atoms with van der Waals surface area (Å²) in [6.45, 7) is -1.84. The van der Waals surface area contributed by atoms with Crippen LogP contribution >= 0.6 is 0 Å². The maximum atomic E-state index is 9.82. The fraction of sp³-hybridized carbons (Fsp3) is 0.667. The van der Waals surface area contributed by atoms with Gasteiger partial charge in [-0.2, -0.15) is 0 Å². The van der Waals surface area contributed by atoms with E-state index < -0.39 is 18.6 Å². The molecule has 0 aliphatic heterocycles. The predicted octanol–water partition coefficient (Wildman–Crippen LogP) is -1.61. The Balaban J connectivity index is 4.19. The zero-order chi connectivity index (χ0) is 7.65. The molecular formula is C3H7NO3. The Bertz CT molecular complexity index is 124. The average molecular weight is 107 g/mol. The van der Waals surface area contributed by atoms with Gasteiger partial charge in [-0.1, -0.05) is 0 Å². The Morgan fingerprint density at radius 2 is 2.71 bits per heavy atom. The van der Waals surface area contributed by atoms with Gasteiger partial charge in [0.1, 0.15) is 0 Å². The molecule has 0 saturated carbocycles. The van der Waals surface area contributed by atoms with Crippen molar-refractivity contribution in [2.24, 2.45) is 5.73 Å². The highest BCUT2D eigenvalue weighted by Crippen LogP contribution is 1.73. The molecule has 0 radical (unpaired) electrons. The summed E-state index contributed by atoms with van der Waals surface area (Å²) >= 11 is 0. The molecule has 4 N–H and O–H groups in total. The van der Waals surface area contributed by atoms with E-state index in [9.17, 15) is 4.79 Å². The van der Waals surface area contributed by atoms with Gasteiger partial charge in [0.15, 0.2) is 6.08 Å². The minimum absolute atomic E-state index is 1.81. The summed E-state index contributed by atoms with van der Waals surface area (Å²) in [5.74, 6) is -1.81. The van der Waals surface area contributed by atoms with Crippen LogP contribution in [0.3, 0.4) is 0 Å². The van der Waals surface area contributed by atoms with Crippen LogP contribution in [0, 0.1) is 0 Å². The molecule has 0 aromatic heterocycles. The maximum Gasteiger partial charge on any atom is 0.333 e. The maximum absolute atomic E-state index is 9.82. The smallest absolute Gasteiger partial charge is 0.333 e. The molecule has 1 unspecified atom stereocenters. The first-order valence-corrected chi connectivity index (χ1v) is 1.52. The molecule has 0 amide bonds. The van der Waals surface area contributed by atoms with E-state index in [0.717, 1.165) is 0 Å². The fourth-order valence-corrected chi connectivity index (χ4v) is 0.0713. The van der Waals surface area contributed by atoms with Crippen LogP contribution < -0.4 is 5.73 Å². The Labute approximate surface area is 43.4 Å². The molecular weight excluding hydrogens is 98.0 g/mol. The molecule has 0 spiro atoms. The monoisotopic (exact) mass is 107 g/mol. The number of rotatable bonds is 2. The first-order chi connectivity index (χ1) is 3.89. The molecule has 0 aromatic rings. The molecule has 0 bridgehead atoms. The number of carboxylic acids is 1. The van der Waals surface area contributed by atoms with Gasteiger partial charge in [-0.3, -0.25) is 0 Å². The van der Waals surface area contributed by atoms with Crippen LogP contribution in [0.2, 0.25) is 0 Å². The standard InChI is InChI=1S/C3H7NO3/c4-1-2(5)3(6)7/h2,5H,1,4H2,(H,6,7)/t2-/m0/s1/i1D,2D/t1?,2-. The van der Waals surface area contributed by atoms with Gasteiger partial charge in [0.2, 0.25) is 0 Å². The summed E-state index contributed by atoms with van der Waals surface area (Å²) in [5, 5.41) is 16.4. The van der Waals surface area contributed by atoms with E-state index in [-0.39, 0.29) is 0 Å². The summed E-state index contributed by atoms with van der Waals surface area (Å²) in [7, 11) is 0. The highest BCUT2D eigenvalue weighted by molar-refractivity contribution is 5.72. The van der Waals surface area contributed by atoms with Crippen LogP contribution in [0.5, 0.6) is 0 Å². The second-order valence-electron chi connectivity index (χ2n) is 0.857. The summed E-state index contributed by atoms with van der Waals surface area (Å²) in [6.07, 6.45) is -2.89. The average Bonchev–Trinajstić information content (AvgIpc) is 1.65. The molecule has 0 heterocycles. The van der Waals surface area contributed by atoms with Crippen LogP contribution in [0.4, 0.5) is 0 Å². The molecule has 42 valence electrons. The Hall–Kier alpha value is -0.610. The van der Waals surface area contributed by atoms with Crippen molar-refractivity contribution in [2.45, 2.75) is 6.08 Å². The normalized spacial score (nSPS) is 26.6. The molecule has 0 aliphatic carbocycles. The zero-order valence-corrected chi connectivity index (χ0v) is 3.46. The Morgan fingerprint density at radius 3 is 2.71 bits per heavy atom. The van der Waals surface area contributed by atoms with Crippen molar-refractivity contribution >= 4 is 5.97 Å². The second kappa shape index (κ2) is 2.54. The van der Waals surface area contributed by atoms with Crippen molar-refractivity contribution in [3.05, 3.63) is 0 Å². The minimum Gasteiger partial charge on any atom is -0.479 e. The van der Waals surface area contributed by atoms with Crippen molar-refractivity contribution in [3.8, 4) is 0 Å². The highest BCUT2D eigenvalue weighted by atomic mass is 16.4. The van der Waals surface area contributed by atoms with Gasteiger partial charge in [0.05, 0.1) is 1.37 Å². The lowest BCUT2D eigenvalue weighted by atomic mass is 10.4. The van der Waals surface area contributed by atoms with E-state index >= 15 is 0 Å². The van der Waals surface area contributed by atoms with Gasteiger partial charge in [0, 0.05) is 7.89 Å². The van der Waals surface area contributed by atoms with Crippen molar-refractivity contribution in [1.82, 2.24) is 0 Å². The third kappa shape index (κ3) is 2.13. The van der Waals surface area contributed by atoms with Crippen molar-refractivity contribution in [2.75, 3.05) is 6.52 Å². The number of carbonyl (C=O) groups is 1. The van der Waals surface area contributed by atoms with Crippen LogP contribution in [0.25, 0.3) is 0 Å². The van der Waals surface area contributed by atoms with E-state index in [4.69, 9.17) is 13.0 Å². The number of aliphatic hydroxyl groups is 1. The summed E-state index contributed by atoms with van der Waals surface area (Å²) in [6, 6.07) is 0. The van der Waals surface area contributed by atoms with E-state index in [1.54, 1.807) is 0 Å². The molecule has 0 aromatic carbocycles. The van der Waals surface area contributed by atoms with Gasteiger partial charge in [-0.25, -0.2) is 4.79 Å². The fourth-order valence-electron chi connectivity index (χ4n) is 0.0713. The molecule has 0 fully saturated rings. The number of hydrogen-bond acceptors (Lipinski definition) is 3. The summed E-state index contributed by atoms with van der Waals surface area (Å²) in [5.41, 5.74) is 4.62. The lowest BCUT2D eigenvalue weighted by Crippen LogP contribution is -2.28. The van der Waals surface area contributed by atoms with Crippen LogP contribution in [-0.2, 0) is 4.79 Å². The topological polar surface area (TPSA) is 83.5 Å². The lowest BCUT2D eigenvalue weighted by Gasteiger charge is -1.96. The minimum atomic E-state index is -2.89. The highest BCUT2D eigenvalue weighted by Gasteiger charge is 2.07. The number of aliphatic carboxylic acids is 1. The second-order valence-corrected chi connectivity index (χ2v) is 0.857. The van der Waals surface area contributed by atoms with Gasteiger partial charge >= 0.3 is 5.97 Å². The van der Waals surface area contributed by atoms with E-state index in [1.165, 1.54) is 0 Å². The van der Waals surface area contributed by atoms with E-state index in [2.05, 4.69) is 5.73 Å². The molecule has 0 rings (SSSR count). The van der Waals surface area contributed by atoms with Crippen molar-refractivity contribution in [1.29, 1.82) is 0 Å². The predicted molar refractivity (Wildman–Crippen MR) is 22.7 cm³/mol. The van der Waals surface area contributed by atoms with Crippen LogP contribution in [0.1, 0.15) is 2.74 Å². The summed E-state index contributed by atoms with van der Waals surface area (Å²) < 4.78 is 12.9. The molecule has 4 heteroatoms. The first-order valence-electron chi connectivity index (χ1n) is 2.60. The van der Waals surface area contributed by atoms with E-state index in [1.807, 2.05) is 0 Å².